The fourth-order valence-electron chi connectivity index (χ4n) is 2.19. The summed E-state index contributed by atoms with van der Waals surface area (Å²) in [6.07, 6.45) is 2.41. The summed E-state index contributed by atoms with van der Waals surface area (Å²) in [4.78, 5) is 25.2. The number of rotatable bonds is 4. The third kappa shape index (κ3) is 1.91. The number of anilines is 1. The van der Waals surface area contributed by atoms with Crippen LogP contribution in [-0.2, 0) is 4.79 Å². The zero-order valence-corrected chi connectivity index (χ0v) is 10.5. The number of ketones is 1. The van der Waals surface area contributed by atoms with Crippen LogP contribution in [0, 0.1) is 0 Å². The summed E-state index contributed by atoms with van der Waals surface area (Å²) in [6.45, 7) is 1.21. The van der Waals surface area contributed by atoms with Gasteiger partial charge in [0.25, 0.3) is 11.7 Å². The van der Waals surface area contributed by atoms with E-state index < -0.39 is 11.7 Å². The first kappa shape index (κ1) is 11.7. The van der Waals surface area contributed by atoms with E-state index in [9.17, 15) is 9.59 Å². The van der Waals surface area contributed by atoms with E-state index in [4.69, 9.17) is 11.6 Å². The molecular weight excluding hydrogens is 252 g/mol. The Hall–Kier alpha value is -1.39. The number of nitrogens with one attached hydrogen (secondary N) is 1. The zero-order valence-electron chi connectivity index (χ0n) is 9.78. The van der Waals surface area contributed by atoms with Crippen molar-refractivity contribution in [3.63, 3.8) is 0 Å². The van der Waals surface area contributed by atoms with Crippen molar-refractivity contribution in [2.24, 2.45) is 0 Å². The molecule has 0 saturated heterocycles. The number of benzene rings is 1. The Morgan fingerprint density at radius 3 is 2.83 bits per heavy atom. The minimum atomic E-state index is -0.498. The lowest BCUT2D eigenvalue weighted by Gasteiger charge is -2.16. The number of fused-ring (bicyclic) bond motifs is 1. The van der Waals surface area contributed by atoms with E-state index in [2.05, 4.69) is 5.32 Å². The van der Waals surface area contributed by atoms with Crippen LogP contribution in [0.25, 0.3) is 0 Å². The molecule has 18 heavy (non-hydrogen) atoms. The number of carbonyl (C=O) groups is 2. The lowest BCUT2D eigenvalue weighted by molar-refractivity contribution is -0.114. The molecule has 1 heterocycles. The Morgan fingerprint density at radius 2 is 2.11 bits per heavy atom. The molecule has 1 aromatic rings. The largest absolute Gasteiger partial charge is 0.312 e. The smallest absolute Gasteiger partial charge is 0.299 e. The van der Waals surface area contributed by atoms with Gasteiger partial charge in [-0.1, -0.05) is 17.7 Å². The number of nitrogens with zero attached hydrogens (tertiary/aromatic N) is 1. The third-order valence-electron chi connectivity index (χ3n) is 3.29. The highest BCUT2D eigenvalue weighted by Crippen LogP contribution is 2.33. The van der Waals surface area contributed by atoms with Gasteiger partial charge in [-0.3, -0.25) is 9.59 Å². The van der Waals surface area contributed by atoms with E-state index in [1.54, 1.807) is 18.2 Å². The second-order valence-electron chi connectivity index (χ2n) is 4.65. The monoisotopic (exact) mass is 264 g/mol. The van der Waals surface area contributed by atoms with Crippen molar-refractivity contribution >= 4 is 29.0 Å². The predicted octanol–water partition coefficient (Wildman–Crippen LogP) is 1.62. The summed E-state index contributed by atoms with van der Waals surface area (Å²) in [5, 5.41) is 3.68. The van der Waals surface area contributed by atoms with Crippen molar-refractivity contribution in [2.75, 3.05) is 18.0 Å². The Balaban J connectivity index is 1.80. The fourth-order valence-corrected chi connectivity index (χ4v) is 2.45. The lowest BCUT2D eigenvalue weighted by atomic mass is 10.1. The van der Waals surface area contributed by atoms with Crippen molar-refractivity contribution in [3.8, 4) is 0 Å². The highest BCUT2D eigenvalue weighted by Gasteiger charge is 2.37. The van der Waals surface area contributed by atoms with E-state index in [0.717, 1.165) is 0 Å². The number of hydrogen-bond donors (Lipinski definition) is 1. The molecule has 0 atom stereocenters. The molecule has 1 fully saturated rings. The van der Waals surface area contributed by atoms with E-state index in [1.165, 1.54) is 17.7 Å². The standard InChI is InChI=1S/C13H13ClN2O2/c14-9-2-1-3-10-11(9)12(17)13(18)16(10)7-6-15-8-4-5-8/h1-3,8,15H,4-7H2. The van der Waals surface area contributed by atoms with Crippen LogP contribution < -0.4 is 10.2 Å². The average molecular weight is 265 g/mol. The number of halogens is 1. The van der Waals surface area contributed by atoms with Crippen LogP contribution in [0.2, 0.25) is 5.02 Å². The van der Waals surface area contributed by atoms with Gasteiger partial charge in [0.2, 0.25) is 0 Å². The number of amides is 1. The Labute approximate surface area is 110 Å². The van der Waals surface area contributed by atoms with Gasteiger partial charge in [-0.25, -0.2) is 0 Å². The van der Waals surface area contributed by atoms with Gasteiger partial charge in [0.05, 0.1) is 16.3 Å². The Bertz CT molecular complexity index is 526. The summed E-state index contributed by atoms with van der Waals surface area (Å²) in [5.74, 6) is -0.974. The molecule has 5 heteroatoms. The van der Waals surface area contributed by atoms with E-state index >= 15 is 0 Å². The zero-order chi connectivity index (χ0) is 12.7. The maximum absolute atomic E-state index is 11.9. The molecule has 1 saturated carbocycles. The molecule has 1 N–H and O–H groups in total. The lowest BCUT2D eigenvalue weighted by Crippen LogP contribution is -2.36. The minimum absolute atomic E-state index is 0.343. The third-order valence-corrected chi connectivity index (χ3v) is 3.61. The van der Waals surface area contributed by atoms with Crippen molar-refractivity contribution in [1.82, 2.24) is 5.32 Å². The highest BCUT2D eigenvalue weighted by molar-refractivity contribution is 6.55. The number of carbonyl (C=O) groups excluding carboxylic acids is 2. The topological polar surface area (TPSA) is 49.4 Å². The number of hydrogen-bond acceptors (Lipinski definition) is 3. The van der Waals surface area contributed by atoms with Gasteiger partial charge >= 0.3 is 0 Å². The summed E-state index contributed by atoms with van der Waals surface area (Å²) in [5.41, 5.74) is 0.977. The molecule has 1 aliphatic carbocycles. The summed E-state index contributed by atoms with van der Waals surface area (Å²) >= 11 is 5.97. The first-order chi connectivity index (χ1) is 8.68. The van der Waals surface area contributed by atoms with Crippen molar-refractivity contribution in [2.45, 2.75) is 18.9 Å². The van der Waals surface area contributed by atoms with Crippen LogP contribution in [0.4, 0.5) is 5.69 Å². The average Bonchev–Trinajstić information content (AvgIpc) is 3.13. The maximum atomic E-state index is 11.9. The van der Waals surface area contributed by atoms with E-state index in [-0.39, 0.29) is 0 Å². The van der Waals surface area contributed by atoms with Gasteiger partial charge in [-0.15, -0.1) is 0 Å². The van der Waals surface area contributed by atoms with Gasteiger partial charge in [-0.2, -0.15) is 0 Å². The van der Waals surface area contributed by atoms with Gasteiger partial charge < -0.3 is 10.2 Å². The van der Waals surface area contributed by atoms with E-state index in [0.29, 0.717) is 35.4 Å². The molecule has 0 bridgehead atoms. The fraction of sp³-hybridized carbons (Fsp3) is 0.385. The molecule has 3 rings (SSSR count). The Kier molecular flexibility index (Phi) is 2.84. The van der Waals surface area contributed by atoms with Crippen molar-refractivity contribution in [1.29, 1.82) is 0 Å². The maximum Gasteiger partial charge on any atom is 0.299 e. The second kappa shape index (κ2) is 4.37. The molecule has 0 unspecified atom stereocenters. The van der Waals surface area contributed by atoms with E-state index in [1.807, 2.05) is 0 Å². The SMILES string of the molecule is O=C1C(=O)N(CCNC2CC2)c2cccc(Cl)c21. The second-order valence-corrected chi connectivity index (χ2v) is 5.06. The molecule has 4 nitrogen and oxygen atoms in total. The molecule has 1 aromatic carbocycles. The highest BCUT2D eigenvalue weighted by atomic mass is 35.5. The molecule has 0 spiro atoms. The van der Waals surface area contributed by atoms with Crippen LogP contribution >= 0.6 is 11.6 Å². The summed E-state index contributed by atoms with van der Waals surface area (Å²) in [6, 6.07) is 5.75. The number of Topliss-reactive ketones (excluding diaryl/α,β-unsaturated/α-hetero) is 1. The van der Waals surface area contributed by atoms with Crippen LogP contribution in [0.3, 0.4) is 0 Å². The quantitative estimate of drug-likeness (QED) is 0.841. The van der Waals surface area contributed by atoms with Gasteiger partial charge in [0, 0.05) is 19.1 Å². The normalized spacial score (nSPS) is 18.4. The van der Waals surface area contributed by atoms with Gasteiger partial charge in [0.1, 0.15) is 0 Å². The minimum Gasteiger partial charge on any atom is -0.312 e. The predicted molar refractivity (Wildman–Crippen MR) is 69.2 cm³/mol. The Morgan fingerprint density at radius 1 is 1.33 bits per heavy atom. The van der Waals surface area contributed by atoms with Crippen molar-refractivity contribution < 1.29 is 9.59 Å². The molecular formula is C13H13ClN2O2. The summed E-state index contributed by atoms with van der Waals surface area (Å²) in [7, 11) is 0. The van der Waals surface area contributed by atoms with Gasteiger partial charge in [0.15, 0.2) is 0 Å². The molecule has 0 radical (unpaired) electrons. The molecule has 2 aliphatic rings. The molecule has 1 amide bonds. The molecule has 0 aromatic heterocycles. The van der Waals surface area contributed by atoms with Gasteiger partial charge in [-0.05, 0) is 25.0 Å². The van der Waals surface area contributed by atoms with Crippen LogP contribution in [0.15, 0.2) is 18.2 Å². The first-order valence-electron chi connectivity index (χ1n) is 6.06. The van der Waals surface area contributed by atoms with Crippen LogP contribution in [0.5, 0.6) is 0 Å². The summed E-state index contributed by atoms with van der Waals surface area (Å²) < 4.78 is 0. The molecule has 94 valence electrons. The van der Waals surface area contributed by atoms with Crippen LogP contribution in [0.1, 0.15) is 23.2 Å². The molecule has 1 aliphatic heterocycles. The van der Waals surface area contributed by atoms with Crippen molar-refractivity contribution in [3.05, 3.63) is 28.8 Å². The first-order valence-corrected chi connectivity index (χ1v) is 6.44. The van der Waals surface area contributed by atoms with Crippen LogP contribution in [-0.4, -0.2) is 30.8 Å².